The second-order valence-electron chi connectivity index (χ2n) is 4.56. The first kappa shape index (κ1) is 15.4. The molecule has 1 aromatic rings. The minimum absolute atomic E-state index is 0.255. The Kier molecular flexibility index (Phi) is 5.09. The molecule has 0 saturated carbocycles. The Bertz CT molecular complexity index is 557. The predicted molar refractivity (Wildman–Crippen MR) is 73.4 cm³/mol. The minimum atomic E-state index is -3.79. The molecular formula is C13H19FN2O3S. The Labute approximate surface area is 118 Å². The summed E-state index contributed by atoms with van der Waals surface area (Å²) in [6, 6.07) is 4.21. The van der Waals surface area contributed by atoms with Crippen molar-refractivity contribution < 1.29 is 17.5 Å². The monoisotopic (exact) mass is 302 g/mol. The van der Waals surface area contributed by atoms with Gasteiger partial charge in [-0.15, -0.1) is 0 Å². The quantitative estimate of drug-likeness (QED) is 0.880. The van der Waals surface area contributed by atoms with Gasteiger partial charge in [-0.3, -0.25) is 0 Å². The molecular weight excluding hydrogens is 283 g/mol. The molecule has 0 radical (unpaired) electrons. The molecule has 0 aliphatic carbocycles. The van der Waals surface area contributed by atoms with Crippen LogP contribution < -0.4 is 5.32 Å². The van der Waals surface area contributed by atoms with Crippen LogP contribution in [0.2, 0.25) is 0 Å². The Balaban J connectivity index is 2.29. The molecule has 1 N–H and O–H groups in total. The van der Waals surface area contributed by atoms with E-state index in [1.165, 1.54) is 16.4 Å². The number of nitrogens with zero attached hydrogens (tertiary/aromatic N) is 1. The molecule has 1 heterocycles. The highest BCUT2D eigenvalue weighted by Gasteiger charge is 2.29. The lowest BCUT2D eigenvalue weighted by atomic mass is 10.2. The maximum Gasteiger partial charge on any atom is 0.246 e. The Hall–Kier alpha value is -1.02. The third-order valence-electron chi connectivity index (χ3n) is 3.16. The van der Waals surface area contributed by atoms with E-state index in [-0.39, 0.29) is 18.0 Å². The first-order valence-corrected chi connectivity index (χ1v) is 8.06. The third-order valence-corrected chi connectivity index (χ3v) is 5.08. The fraction of sp³-hybridized carbons (Fsp3) is 0.538. The summed E-state index contributed by atoms with van der Waals surface area (Å²) in [5.74, 6) is -0.711. The standard InChI is InChI=1S/C13H19FN2O3S/c1-2-15-10-11-3-4-12(14)13(9-11)20(17,18)16-5-7-19-8-6-16/h3-4,9,15H,2,5-8,10H2,1H3. The van der Waals surface area contributed by atoms with Crippen molar-refractivity contribution in [2.75, 3.05) is 32.8 Å². The van der Waals surface area contributed by atoms with Crippen molar-refractivity contribution in [2.45, 2.75) is 18.4 Å². The van der Waals surface area contributed by atoms with Gasteiger partial charge in [0.25, 0.3) is 0 Å². The van der Waals surface area contributed by atoms with Crippen LogP contribution in [-0.4, -0.2) is 45.6 Å². The van der Waals surface area contributed by atoms with Gasteiger partial charge < -0.3 is 10.1 Å². The van der Waals surface area contributed by atoms with Gasteiger partial charge in [-0.1, -0.05) is 13.0 Å². The lowest BCUT2D eigenvalue weighted by Gasteiger charge is -2.26. The number of nitrogens with one attached hydrogen (secondary N) is 1. The number of hydrogen-bond acceptors (Lipinski definition) is 4. The number of morpholine rings is 1. The maximum absolute atomic E-state index is 13.9. The lowest BCUT2D eigenvalue weighted by molar-refractivity contribution is 0.0729. The van der Waals surface area contributed by atoms with E-state index >= 15 is 0 Å². The molecule has 2 rings (SSSR count). The summed E-state index contributed by atoms with van der Waals surface area (Å²) in [5, 5.41) is 3.09. The number of sulfonamides is 1. The summed E-state index contributed by atoms with van der Waals surface area (Å²) in [6.07, 6.45) is 0. The van der Waals surface area contributed by atoms with Crippen molar-refractivity contribution in [3.05, 3.63) is 29.6 Å². The number of halogens is 1. The topological polar surface area (TPSA) is 58.6 Å². The fourth-order valence-corrected chi connectivity index (χ4v) is 3.57. The summed E-state index contributed by atoms with van der Waals surface area (Å²) in [6.45, 7) is 4.45. The molecule has 0 bridgehead atoms. The molecule has 1 aromatic carbocycles. The molecule has 5 nitrogen and oxygen atoms in total. The predicted octanol–water partition coefficient (Wildman–Crippen LogP) is 0.956. The van der Waals surface area contributed by atoms with Gasteiger partial charge in [0.2, 0.25) is 10.0 Å². The minimum Gasteiger partial charge on any atom is -0.379 e. The highest BCUT2D eigenvalue weighted by molar-refractivity contribution is 7.89. The van der Waals surface area contributed by atoms with Crippen LogP contribution in [0.25, 0.3) is 0 Å². The van der Waals surface area contributed by atoms with Crippen molar-refractivity contribution in [1.29, 1.82) is 0 Å². The van der Waals surface area contributed by atoms with Crippen LogP contribution in [-0.2, 0) is 21.3 Å². The molecule has 7 heteroatoms. The van der Waals surface area contributed by atoms with Gasteiger partial charge in [-0.2, -0.15) is 4.31 Å². The molecule has 20 heavy (non-hydrogen) atoms. The molecule has 112 valence electrons. The second kappa shape index (κ2) is 6.62. The Morgan fingerprint density at radius 1 is 1.35 bits per heavy atom. The molecule has 0 aromatic heterocycles. The zero-order valence-electron chi connectivity index (χ0n) is 11.4. The van der Waals surface area contributed by atoms with Gasteiger partial charge in [-0.05, 0) is 24.2 Å². The molecule has 0 unspecified atom stereocenters. The summed E-state index contributed by atoms with van der Waals surface area (Å²) >= 11 is 0. The Morgan fingerprint density at radius 3 is 2.70 bits per heavy atom. The highest BCUT2D eigenvalue weighted by atomic mass is 32.2. The van der Waals surface area contributed by atoms with Crippen LogP contribution in [0.3, 0.4) is 0 Å². The van der Waals surface area contributed by atoms with E-state index in [2.05, 4.69) is 5.32 Å². The molecule has 1 saturated heterocycles. The Morgan fingerprint density at radius 2 is 2.05 bits per heavy atom. The van der Waals surface area contributed by atoms with Crippen molar-refractivity contribution in [3.8, 4) is 0 Å². The van der Waals surface area contributed by atoms with Crippen molar-refractivity contribution >= 4 is 10.0 Å². The zero-order valence-corrected chi connectivity index (χ0v) is 12.2. The van der Waals surface area contributed by atoms with Gasteiger partial charge >= 0.3 is 0 Å². The fourth-order valence-electron chi connectivity index (χ4n) is 2.05. The van der Waals surface area contributed by atoms with Crippen molar-refractivity contribution in [1.82, 2.24) is 9.62 Å². The van der Waals surface area contributed by atoms with E-state index < -0.39 is 15.8 Å². The van der Waals surface area contributed by atoms with E-state index in [0.717, 1.165) is 12.1 Å². The number of ether oxygens (including phenoxy) is 1. The average molecular weight is 302 g/mol. The molecule has 1 aliphatic heterocycles. The third kappa shape index (κ3) is 3.35. The van der Waals surface area contributed by atoms with Crippen molar-refractivity contribution in [2.24, 2.45) is 0 Å². The van der Waals surface area contributed by atoms with Crippen LogP contribution in [0.15, 0.2) is 23.1 Å². The molecule has 0 spiro atoms. The highest BCUT2D eigenvalue weighted by Crippen LogP contribution is 2.21. The van der Waals surface area contributed by atoms with Crippen LogP contribution in [0, 0.1) is 5.82 Å². The number of rotatable bonds is 5. The van der Waals surface area contributed by atoms with Crippen LogP contribution in [0.1, 0.15) is 12.5 Å². The van der Waals surface area contributed by atoms with E-state index in [0.29, 0.717) is 19.8 Å². The summed E-state index contributed by atoms with van der Waals surface area (Å²) in [4.78, 5) is -0.255. The van der Waals surface area contributed by atoms with Crippen LogP contribution in [0.5, 0.6) is 0 Å². The second-order valence-corrected chi connectivity index (χ2v) is 6.47. The average Bonchev–Trinajstić information content (AvgIpc) is 2.47. The lowest BCUT2D eigenvalue weighted by Crippen LogP contribution is -2.41. The van der Waals surface area contributed by atoms with Crippen molar-refractivity contribution in [3.63, 3.8) is 0 Å². The summed E-state index contributed by atoms with van der Waals surface area (Å²) in [5.41, 5.74) is 0.750. The van der Waals surface area contributed by atoms with E-state index in [1.54, 1.807) is 6.07 Å². The maximum atomic E-state index is 13.9. The first-order valence-electron chi connectivity index (χ1n) is 6.62. The number of benzene rings is 1. The van der Waals surface area contributed by atoms with E-state index in [4.69, 9.17) is 4.74 Å². The normalized spacial score (nSPS) is 17.3. The molecule has 1 fully saturated rings. The largest absolute Gasteiger partial charge is 0.379 e. The van der Waals surface area contributed by atoms with Gasteiger partial charge in [0.15, 0.2) is 0 Å². The van der Waals surface area contributed by atoms with Crippen LogP contribution in [0.4, 0.5) is 4.39 Å². The van der Waals surface area contributed by atoms with Gasteiger partial charge in [0.1, 0.15) is 10.7 Å². The first-order chi connectivity index (χ1) is 9.55. The van der Waals surface area contributed by atoms with E-state index in [1.807, 2.05) is 6.92 Å². The molecule has 0 atom stereocenters. The molecule has 1 aliphatic rings. The zero-order chi connectivity index (χ0) is 14.6. The van der Waals surface area contributed by atoms with E-state index in [9.17, 15) is 12.8 Å². The van der Waals surface area contributed by atoms with Gasteiger partial charge in [-0.25, -0.2) is 12.8 Å². The van der Waals surface area contributed by atoms with Crippen LogP contribution >= 0.6 is 0 Å². The van der Waals surface area contributed by atoms with Gasteiger partial charge in [0, 0.05) is 19.6 Å². The van der Waals surface area contributed by atoms with Gasteiger partial charge in [0.05, 0.1) is 13.2 Å². The smallest absolute Gasteiger partial charge is 0.246 e. The summed E-state index contributed by atoms with van der Waals surface area (Å²) in [7, 11) is -3.79. The number of hydrogen-bond donors (Lipinski definition) is 1. The molecule has 0 amide bonds. The summed E-state index contributed by atoms with van der Waals surface area (Å²) < 4.78 is 45.2. The SMILES string of the molecule is CCNCc1ccc(F)c(S(=O)(=O)N2CCOCC2)c1.